The van der Waals surface area contributed by atoms with Crippen molar-refractivity contribution in [3.8, 4) is 0 Å². The number of rotatable bonds is 3. The summed E-state index contributed by atoms with van der Waals surface area (Å²) in [6.45, 7) is 2.05. The number of aryl methyl sites for hydroxylation is 1. The van der Waals surface area contributed by atoms with Crippen LogP contribution in [0.1, 0.15) is 18.3 Å². The molecule has 70 valence electrons. The maximum atomic E-state index is 6.78. The van der Waals surface area contributed by atoms with Crippen molar-refractivity contribution in [3.05, 3.63) is 21.9 Å². The molecule has 0 bridgehead atoms. The van der Waals surface area contributed by atoms with Crippen LogP contribution in [0.3, 0.4) is 0 Å². The molecule has 13 heavy (non-hydrogen) atoms. The quantitative estimate of drug-likeness (QED) is 0.547. The summed E-state index contributed by atoms with van der Waals surface area (Å²) in [4.78, 5) is 6.79. The summed E-state index contributed by atoms with van der Waals surface area (Å²) in [5, 5.41) is 6.78. The van der Waals surface area contributed by atoms with Gasteiger partial charge in [-0.2, -0.15) is 0 Å². The van der Waals surface area contributed by atoms with Gasteiger partial charge in [-0.3, -0.25) is 5.41 Å². The summed E-state index contributed by atoms with van der Waals surface area (Å²) in [5.41, 5.74) is 7.44. The van der Waals surface area contributed by atoms with Crippen molar-refractivity contribution in [1.82, 2.24) is 4.98 Å². The third kappa shape index (κ3) is 2.18. The van der Waals surface area contributed by atoms with Gasteiger partial charge in [0.05, 0.1) is 5.69 Å². The largest absolute Gasteiger partial charge is 0.382 e. The van der Waals surface area contributed by atoms with Gasteiger partial charge >= 0.3 is 0 Å². The summed E-state index contributed by atoms with van der Waals surface area (Å²) in [7, 11) is 0. The number of nitrogens with two attached hydrogens (primary N) is 1. The van der Waals surface area contributed by atoms with Crippen LogP contribution in [0.4, 0.5) is 0 Å². The van der Waals surface area contributed by atoms with Crippen molar-refractivity contribution in [2.24, 2.45) is 10.7 Å². The average molecular weight is 243 g/mol. The van der Waals surface area contributed by atoms with Crippen LogP contribution in [0.2, 0.25) is 0 Å². The zero-order chi connectivity index (χ0) is 9.84. The van der Waals surface area contributed by atoms with E-state index in [2.05, 4.69) is 25.9 Å². The van der Waals surface area contributed by atoms with Crippen molar-refractivity contribution < 1.29 is 0 Å². The maximum Gasteiger partial charge on any atom is 0.150 e. The van der Waals surface area contributed by atoms with E-state index in [9.17, 15) is 0 Å². The number of aliphatic imine (C=N–C) groups is 1. The van der Waals surface area contributed by atoms with E-state index in [1.54, 1.807) is 0 Å². The van der Waals surface area contributed by atoms with Crippen LogP contribution in [-0.4, -0.2) is 17.2 Å². The van der Waals surface area contributed by atoms with E-state index in [-0.39, 0.29) is 0 Å². The zero-order valence-electron chi connectivity index (χ0n) is 7.26. The minimum absolute atomic E-state index is 0.321. The Balaban J connectivity index is 3.06. The van der Waals surface area contributed by atoms with Gasteiger partial charge in [0, 0.05) is 10.2 Å². The molecule has 0 spiro atoms. The molecule has 0 radical (unpaired) electrons. The summed E-state index contributed by atoms with van der Waals surface area (Å²) in [5.74, 6) is 0.321. The number of H-pyrrole nitrogens is 1. The molecule has 5 heteroatoms. The molecule has 0 aliphatic carbocycles. The number of amidine groups is 1. The van der Waals surface area contributed by atoms with Crippen molar-refractivity contribution in [2.75, 3.05) is 0 Å². The number of hydrogen-bond donors (Lipinski definition) is 3. The number of nitrogens with zero attached hydrogens (tertiary/aromatic N) is 1. The summed E-state index contributed by atoms with van der Waals surface area (Å²) in [6, 6.07) is 1.96. The molecule has 4 N–H and O–H groups in total. The topological polar surface area (TPSA) is 78.0 Å². The molecule has 0 saturated carbocycles. The molecule has 0 aromatic carbocycles. The lowest BCUT2D eigenvalue weighted by Crippen LogP contribution is -2.14. The van der Waals surface area contributed by atoms with Gasteiger partial charge in [-0.25, -0.2) is 4.99 Å². The molecule has 0 unspecified atom stereocenters. The third-order valence-electron chi connectivity index (χ3n) is 1.67. The SMILES string of the molecule is CCc1cc(Br)c(C(N)=NC=N)[nH]1. The monoisotopic (exact) mass is 242 g/mol. The number of aromatic nitrogens is 1. The number of aromatic amines is 1. The van der Waals surface area contributed by atoms with Crippen molar-refractivity contribution in [2.45, 2.75) is 13.3 Å². The molecule has 0 fully saturated rings. The van der Waals surface area contributed by atoms with Crippen LogP contribution < -0.4 is 5.73 Å². The summed E-state index contributed by atoms with van der Waals surface area (Å²) < 4.78 is 0.882. The fraction of sp³-hybridized carbons (Fsp3) is 0.250. The highest BCUT2D eigenvalue weighted by Gasteiger charge is 2.07. The first kappa shape index (κ1) is 9.98. The van der Waals surface area contributed by atoms with E-state index < -0.39 is 0 Å². The molecule has 4 nitrogen and oxygen atoms in total. The normalized spacial score (nSPS) is 11.7. The van der Waals surface area contributed by atoms with Gasteiger partial charge < -0.3 is 10.7 Å². The maximum absolute atomic E-state index is 6.78. The average Bonchev–Trinajstić information content (AvgIpc) is 2.47. The van der Waals surface area contributed by atoms with Gasteiger partial charge in [0.1, 0.15) is 12.2 Å². The highest BCUT2D eigenvalue weighted by Crippen LogP contribution is 2.17. The Morgan fingerprint density at radius 2 is 2.54 bits per heavy atom. The van der Waals surface area contributed by atoms with Crippen molar-refractivity contribution in [3.63, 3.8) is 0 Å². The smallest absolute Gasteiger partial charge is 0.150 e. The lowest BCUT2D eigenvalue weighted by Gasteiger charge is -1.95. The van der Waals surface area contributed by atoms with E-state index in [4.69, 9.17) is 11.1 Å². The van der Waals surface area contributed by atoms with Gasteiger partial charge in [-0.15, -0.1) is 0 Å². The molecule has 1 rings (SSSR count). The Kier molecular flexibility index (Phi) is 3.25. The van der Waals surface area contributed by atoms with Gasteiger partial charge in [-0.1, -0.05) is 6.92 Å². The van der Waals surface area contributed by atoms with Crippen molar-refractivity contribution >= 4 is 28.1 Å². The standard InChI is InChI=1S/C8H11BrN4/c1-2-5-3-6(9)7(13-5)8(11)12-4-10/h3-4,13H,2H2,1H3,(H3,10,11,12). The van der Waals surface area contributed by atoms with E-state index >= 15 is 0 Å². The Morgan fingerprint density at radius 3 is 3.00 bits per heavy atom. The van der Waals surface area contributed by atoms with Gasteiger partial charge in [-0.05, 0) is 28.4 Å². The van der Waals surface area contributed by atoms with Crippen LogP contribution in [0.15, 0.2) is 15.5 Å². The second kappa shape index (κ2) is 4.23. The van der Waals surface area contributed by atoms with E-state index in [0.29, 0.717) is 5.84 Å². The molecule has 1 aromatic rings. The van der Waals surface area contributed by atoms with Crippen LogP contribution in [0.25, 0.3) is 0 Å². The molecule has 0 saturated heterocycles. The zero-order valence-corrected chi connectivity index (χ0v) is 8.85. The van der Waals surface area contributed by atoms with E-state index in [1.807, 2.05) is 13.0 Å². The van der Waals surface area contributed by atoms with Gasteiger partial charge in [0.15, 0.2) is 0 Å². The second-order valence-corrected chi connectivity index (χ2v) is 3.37. The predicted molar refractivity (Wildman–Crippen MR) is 57.4 cm³/mol. The third-order valence-corrected chi connectivity index (χ3v) is 2.29. The lowest BCUT2D eigenvalue weighted by molar-refractivity contribution is 1.06. The fourth-order valence-corrected chi connectivity index (χ4v) is 1.57. The summed E-state index contributed by atoms with van der Waals surface area (Å²) >= 11 is 3.36. The Bertz CT molecular complexity index is 340. The first-order chi connectivity index (χ1) is 6.19. The Hall–Kier alpha value is -1.10. The Labute approximate surface area is 84.9 Å². The van der Waals surface area contributed by atoms with E-state index in [1.165, 1.54) is 0 Å². The number of halogens is 1. The van der Waals surface area contributed by atoms with E-state index in [0.717, 1.165) is 28.6 Å². The van der Waals surface area contributed by atoms with Crippen LogP contribution in [-0.2, 0) is 6.42 Å². The van der Waals surface area contributed by atoms with Crippen LogP contribution in [0.5, 0.6) is 0 Å². The van der Waals surface area contributed by atoms with Crippen LogP contribution >= 0.6 is 15.9 Å². The first-order valence-electron chi connectivity index (χ1n) is 3.89. The first-order valence-corrected chi connectivity index (χ1v) is 4.68. The molecular weight excluding hydrogens is 232 g/mol. The predicted octanol–water partition coefficient (Wildman–Crippen LogP) is 1.65. The Morgan fingerprint density at radius 1 is 1.85 bits per heavy atom. The molecule has 0 aliphatic rings. The lowest BCUT2D eigenvalue weighted by atomic mass is 10.3. The second-order valence-electron chi connectivity index (χ2n) is 2.51. The molecule has 0 amide bonds. The summed E-state index contributed by atoms with van der Waals surface area (Å²) in [6.07, 6.45) is 1.84. The van der Waals surface area contributed by atoms with Crippen molar-refractivity contribution in [1.29, 1.82) is 5.41 Å². The van der Waals surface area contributed by atoms with Gasteiger partial charge in [0.2, 0.25) is 0 Å². The molecule has 1 heterocycles. The fourth-order valence-electron chi connectivity index (χ4n) is 0.992. The number of hydrogen-bond acceptors (Lipinski definition) is 1. The molecule has 0 aliphatic heterocycles. The van der Waals surface area contributed by atoms with Crippen LogP contribution in [0, 0.1) is 5.41 Å². The number of nitrogens with one attached hydrogen (secondary N) is 2. The molecule has 0 atom stereocenters. The van der Waals surface area contributed by atoms with Gasteiger partial charge in [0.25, 0.3) is 0 Å². The highest BCUT2D eigenvalue weighted by molar-refractivity contribution is 9.10. The minimum atomic E-state index is 0.321. The molecular formula is C8H11BrN4. The highest BCUT2D eigenvalue weighted by atomic mass is 79.9. The minimum Gasteiger partial charge on any atom is -0.382 e. The molecule has 1 aromatic heterocycles.